The molecule has 0 spiro atoms. The Balaban J connectivity index is 0. The van der Waals surface area contributed by atoms with Crippen molar-refractivity contribution in [1.29, 1.82) is 0 Å². The summed E-state index contributed by atoms with van der Waals surface area (Å²) in [6, 6.07) is -0.910. The number of nitrogens with one attached hydrogen (secondary N) is 1. The number of Topliss-reactive ketones (excluding diaryl/α,β-unsaturated/α-hetero) is 1. The number of carbonyl (C=O) groups excluding carboxylic acids is 2. The van der Waals surface area contributed by atoms with Crippen molar-refractivity contribution < 1.29 is 9.59 Å². The molecule has 0 aromatic rings. The minimum Gasteiger partial charge on any atom is -0.317 e. The number of hydrogen-bond acceptors (Lipinski definition) is 4. The van der Waals surface area contributed by atoms with Gasteiger partial charge in [-0.25, -0.2) is 0 Å². The third-order valence-corrected chi connectivity index (χ3v) is 4.70. The van der Waals surface area contributed by atoms with E-state index in [-0.39, 0.29) is 5.78 Å². The first-order chi connectivity index (χ1) is 13.6. The highest BCUT2D eigenvalue weighted by molar-refractivity contribution is 5.96. The van der Waals surface area contributed by atoms with Crippen molar-refractivity contribution in [3.8, 4) is 0 Å². The molecule has 28 heavy (non-hydrogen) atoms. The van der Waals surface area contributed by atoms with Gasteiger partial charge in [-0.2, -0.15) is 0 Å². The molecular weight excluding hydrogens is 348 g/mol. The molecular formula is C24H48N2O2. The summed E-state index contributed by atoms with van der Waals surface area (Å²) in [6.45, 7) is 8.64. The Bertz CT molecular complexity index is 355. The lowest BCUT2D eigenvalue weighted by Crippen LogP contribution is -2.31. The van der Waals surface area contributed by atoms with Crippen LogP contribution < -0.4 is 11.1 Å². The van der Waals surface area contributed by atoms with Crippen LogP contribution in [-0.2, 0) is 9.59 Å². The fraction of sp³-hybridized carbons (Fsp3) is 0.833. The number of rotatable bonds is 19. The highest BCUT2D eigenvalue weighted by Crippen LogP contribution is 2.10. The highest BCUT2D eigenvalue weighted by atomic mass is 16.1. The molecule has 0 radical (unpaired) electrons. The van der Waals surface area contributed by atoms with Gasteiger partial charge >= 0.3 is 0 Å². The van der Waals surface area contributed by atoms with E-state index in [4.69, 9.17) is 5.73 Å². The summed E-state index contributed by atoms with van der Waals surface area (Å²) >= 11 is 0. The van der Waals surface area contributed by atoms with Crippen LogP contribution in [0.15, 0.2) is 12.2 Å². The van der Waals surface area contributed by atoms with Crippen molar-refractivity contribution in [3.05, 3.63) is 12.2 Å². The predicted octanol–water partition coefficient (Wildman–Crippen LogP) is 5.74. The quantitative estimate of drug-likeness (QED) is 0.126. The zero-order valence-corrected chi connectivity index (χ0v) is 19.0. The van der Waals surface area contributed by atoms with E-state index in [1.165, 1.54) is 64.2 Å². The molecule has 1 atom stereocenters. The van der Waals surface area contributed by atoms with Gasteiger partial charge < -0.3 is 15.8 Å². The van der Waals surface area contributed by atoms with Gasteiger partial charge in [0.2, 0.25) is 0 Å². The van der Waals surface area contributed by atoms with Gasteiger partial charge in [0, 0.05) is 6.42 Å². The van der Waals surface area contributed by atoms with Crippen molar-refractivity contribution in [2.24, 2.45) is 5.73 Å². The minimum absolute atomic E-state index is 0.127. The molecule has 0 fully saturated rings. The third kappa shape index (κ3) is 25.0. The summed E-state index contributed by atoms with van der Waals surface area (Å²) in [7, 11) is 0. The van der Waals surface area contributed by atoms with E-state index in [1.54, 1.807) is 0 Å². The second-order valence-corrected chi connectivity index (χ2v) is 7.42. The molecule has 1 unspecified atom stereocenters. The highest BCUT2D eigenvalue weighted by Gasteiger charge is 2.10. The first kappa shape index (κ1) is 29.2. The lowest BCUT2D eigenvalue weighted by molar-refractivity contribution is -0.124. The molecule has 0 aliphatic carbocycles. The molecule has 0 bridgehead atoms. The number of unbranched alkanes of at least 4 members (excludes halogenated alkanes) is 11. The van der Waals surface area contributed by atoms with E-state index in [0.29, 0.717) is 12.7 Å². The summed E-state index contributed by atoms with van der Waals surface area (Å²) in [5.41, 5.74) is 5.35. The Morgan fingerprint density at radius 3 is 1.68 bits per heavy atom. The minimum atomic E-state index is -0.910. The Morgan fingerprint density at radius 2 is 1.25 bits per heavy atom. The molecule has 0 aliphatic rings. The third-order valence-electron chi connectivity index (χ3n) is 4.70. The topological polar surface area (TPSA) is 72.2 Å². The molecule has 0 rings (SSSR count). The summed E-state index contributed by atoms with van der Waals surface area (Å²) < 4.78 is 0. The van der Waals surface area contributed by atoms with E-state index < -0.39 is 6.04 Å². The van der Waals surface area contributed by atoms with Crippen LogP contribution in [0.4, 0.5) is 0 Å². The van der Waals surface area contributed by atoms with Gasteiger partial charge in [0.15, 0.2) is 5.78 Å². The number of carbonyl (C=O) groups is 2. The van der Waals surface area contributed by atoms with Gasteiger partial charge in [-0.05, 0) is 45.2 Å². The van der Waals surface area contributed by atoms with Crippen LogP contribution in [-0.4, -0.2) is 31.2 Å². The standard InChI is InChI=1S/C20H37NO2.C4H11N/c1-2-3-4-5-6-7-8-9-10-11-12-13-14-15-16-17-20(23)19(21)18-22;1-3-5-4-2/h9-10,18-19H,2-8,11-17,21H2,1H3;5H,3-4H2,1-2H3/b10-9-;. The predicted molar refractivity (Wildman–Crippen MR) is 123 cm³/mol. The number of nitrogens with two attached hydrogens (primary N) is 1. The lowest BCUT2D eigenvalue weighted by Gasteiger charge is -2.03. The fourth-order valence-corrected chi connectivity index (χ4v) is 2.86. The van der Waals surface area contributed by atoms with Crippen molar-refractivity contribution in [3.63, 3.8) is 0 Å². The smallest absolute Gasteiger partial charge is 0.156 e. The maximum atomic E-state index is 11.3. The van der Waals surface area contributed by atoms with Crippen LogP contribution in [0, 0.1) is 0 Å². The summed E-state index contributed by atoms with van der Waals surface area (Å²) in [4.78, 5) is 21.7. The molecule has 0 aromatic heterocycles. The maximum absolute atomic E-state index is 11.3. The van der Waals surface area contributed by atoms with Gasteiger partial charge in [0.05, 0.1) is 0 Å². The van der Waals surface area contributed by atoms with E-state index in [9.17, 15) is 9.59 Å². The summed E-state index contributed by atoms with van der Waals surface area (Å²) in [5.74, 6) is -0.127. The number of ketones is 1. The van der Waals surface area contributed by atoms with Crippen molar-refractivity contribution >= 4 is 12.1 Å². The molecule has 3 N–H and O–H groups in total. The molecule has 0 amide bonds. The lowest BCUT2D eigenvalue weighted by atomic mass is 10.0. The van der Waals surface area contributed by atoms with Crippen molar-refractivity contribution in [2.45, 2.75) is 117 Å². The van der Waals surface area contributed by atoms with Crippen LogP contribution in [0.25, 0.3) is 0 Å². The molecule has 0 aromatic carbocycles. The fourth-order valence-electron chi connectivity index (χ4n) is 2.86. The van der Waals surface area contributed by atoms with E-state index >= 15 is 0 Å². The van der Waals surface area contributed by atoms with Crippen LogP contribution >= 0.6 is 0 Å². The van der Waals surface area contributed by atoms with Gasteiger partial charge in [0.25, 0.3) is 0 Å². The van der Waals surface area contributed by atoms with Gasteiger partial charge in [-0.3, -0.25) is 4.79 Å². The Morgan fingerprint density at radius 1 is 0.786 bits per heavy atom. The van der Waals surface area contributed by atoms with Crippen LogP contribution in [0.2, 0.25) is 0 Å². The van der Waals surface area contributed by atoms with Crippen LogP contribution in [0.5, 0.6) is 0 Å². The Hall–Kier alpha value is -1.00. The van der Waals surface area contributed by atoms with Crippen molar-refractivity contribution in [2.75, 3.05) is 13.1 Å². The molecule has 166 valence electrons. The average molecular weight is 397 g/mol. The van der Waals surface area contributed by atoms with Crippen LogP contribution in [0.3, 0.4) is 0 Å². The van der Waals surface area contributed by atoms with E-state index in [1.807, 2.05) is 0 Å². The van der Waals surface area contributed by atoms with Gasteiger partial charge in [-0.1, -0.05) is 84.3 Å². The first-order valence-corrected chi connectivity index (χ1v) is 11.7. The summed E-state index contributed by atoms with van der Waals surface area (Å²) in [5, 5.41) is 3.11. The SMILES string of the molecule is CCCCCCCC/C=C\CCCCCCCC(=O)C(N)C=O.CCNCC. The molecule has 0 saturated heterocycles. The van der Waals surface area contributed by atoms with Gasteiger partial charge in [0.1, 0.15) is 12.3 Å². The molecule has 4 nitrogen and oxygen atoms in total. The number of aldehydes is 1. The molecule has 0 aliphatic heterocycles. The monoisotopic (exact) mass is 396 g/mol. The first-order valence-electron chi connectivity index (χ1n) is 11.7. The molecule has 4 heteroatoms. The molecule has 0 heterocycles. The zero-order valence-electron chi connectivity index (χ0n) is 19.0. The van der Waals surface area contributed by atoms with Gasteiger partial charge in [-0.15, -0.1) is 0 Å². The Kier molecular flexibility index (Phi) is 27.1. The summed E-state index contributed by atoms with van der Waals surface area (Å²) in [6.07, 6.45) is 21.7. The van der Waals surface area contributed by atoms with E-state index in [0.717, 1.165) is 32.4 Å². The van der Waals surface area contributed by atoms with Crippen LogP contribution in [0.1, 0.15) is 111 Å². The number of allylic oxidation sites excluding steroid dienone is 2. The second-order valence-electron chi connectivity index (χ2n) is 7.42. The van der Waals surface area contributed by atoms with E-state index in [2.05, 4.69) is 38.2 Å². The Labute approximate surface area is 175 Å². The number of hydrogen-bond donors (Lipinski definition) is 2. The largest absolute Gasteiger partial charge is 0.317 e. The average Bonchev–Trinajstić information content (AvgIpc) is 2.71. The molecule has 0 saturated carbocycles. The maximum Gasteiger partial charge on any atom is 0.156 e. The van der Waals surface area contributed by atoms with Crippen molar-refractivity contribution in [1.82, 2.24) is 5.32 Å². The normalized spacial score (nSPS) is 11.9. The second kappa shape index (κ2) is 26.0. The zero-order chi connectivity index (χ0) is 21.3.